The molecule has 1 rings (SSSR count). The summed E-state index contributed by atoms with van der Waals surface area (Å²) in [4.78, 5) is 0. The van der Waals surface area contributed by atoms with Gasteiger partial charge in [0, 0.05) is 6.61 Å². The molecule has 1 aliphatic heterocycles. The molecule has 0 aliphatic carbocycles. The molecule has 1 atom stereocenters. The topological polar surface area (TPSA) is 29.5 Å². The lowest BCUT2D eigenvalue weighted by Gasteiger charge is -2.28. The van der Waals surface area contributed by atoms with E-state index in [1.165, 1.54) is 12.8 Å². The van der Waals surface area contributed by atoms with Crippen LogP contribution in [0.5, 0.6) is 0 Å². The maximum Gasteiger partial charge on any atom is 0.0647 e. The van der Waals surface area contributed by atoms with E-state index in [-0.39, 0.29) is 0 Å². The van der Waals surface area contributed by atoms with E-state index in [1.807, 2.05) is 0 Å². The number of hydrogen-bond acceptors (Lipinski definition) is 2. The van der Waals surface area contributed by atoms with Crippen molar-refractivity contribution in [2.45, 2.75) is 83.3 Å². The third kappa shape index (κ3) is 4.84. The fraction of sp³-hybridized carbons (Fsp3) is 1.00. The molecule has 1 unspecified atom stereocenters. The summed E-state index contributed by atoms with van der Waals surface area (Å²) in [5.41, 5.74) is -0.401. The molecule has 0 aromatic rings. The van der Waals surface area contributed by atoms with E-state index in [1.54, 1.807) is 0 Å². The highest BCUT2D eigenvalue weighted by atomic mass is 16.5. The average Bonchev–Trinajstić information content (AvgIpc) is 2.71. The number of ether oxygens (including phenoxy) is 1. The van der Waals surface area contributed by atoms with Crippen molar-refractivity contribution in [3.63, 3.8) is 0 Å². The van der Waals surface area contributed by atoms with Gasteiger partial charge >= 0.3 is 0 Å². The Labute approximate surface area is 100 Å². The molecule has 0 amide bonds. The predicted octanol–water partition coefficient (Wildman–Crippen LogP) is 3.67. The minimum Gasteiger partial charge on any atom is -0.390 e. The normalized spacial score (nSPS) is 21.6. The first-order valence-electron chi connectivity index (χ1n) is 7.04. The molecule has 2 heteroatoms. The third-order valence-corrected chi connectivity index (χ3v) is 3.62. The van der Waals surface area contributed by atoms with Gasteiger partial charge in [-0.15, -0.1) is 0 Å². The Kier molecular flexibility index (Phi) is 6.37. The van der Waals surface area contributed by atoms with Crippen molar-refractivity contribution in [1.29, 1.82) is 0 Å². The Morgan fingerprint density at radius 2 is 1.88 bits per heavy atom. The second-order valence-corrected chi connectivity index (χ2v) is 5.25. The summed E-state index contributed by atoms with van der Waals surface area (Å²) < 4.78 is 5.61. The zero-order valence-electron chi connectivity index (χ0n) is 11.0. The fourth-order valence-electron chi connectivity index (χ4n) is 2.84. The molecular formula is C14H28O2. The molecule has 0 saturated carbocycles. The molecule has 0 radical (unpaired) electrons. The Morgan fingerprint density at radius 1 is 1.19 bits per heavy atom. The van der Waals surface area contributed by atoms with Gasteiger partial charge < -0.3 is 9.84 Å². The van der Waals surface area contributed by atoms with Gasteiger partial charge in [-0.1, -0.05) is 26.7 Å². The summed E-state index contributed by atoms with van der Waals surface area (Å²) >= 11 is 0. The van der Waals surface area contributed by atoms with Crippen LogP contribution < -0.4 is 0 Å². The number of aliphatic hydroxyl groups is 1. The van der Waals surface area contributed by atoms with E-state index in [4.69, 9.17) is 4.74 Å². The first-order chi connectivity index (χ1) is 7.70. The Morgan fingerprint density at radius 3 is 2.38 bits per heavy atom. The van der Waals surface area contributed by atoms with Gasteiger partial charge in [-0.3, -0.25) is 0 Å². The molecule has 0 bridgehead atoms. The smallest absolute Gasteiger partial charge is 0.0647 e. The molecule has 1 aliphatic rings. The first kappa shape index (κ1) is 14.0. The van der Waals surface area contributed by atoms with Crippen molar-refractivity contribution in [2.75, 3.05) is 6.61 Å². The monoisotopic (exact) mass is 228 g/mol. The maximum absolute atomic E-state index is 10.4. The quantitative estimate of drug-likeness (QED) is 0.687. The highest BCUT2D eigenvalue weighted by Crippen LogP contribution is 2.27. The van der Waals surface area contributed by atoms with E-state index in [9.17, 15) is 5.11 Å². The van der Waals surface area contributed by atoms with E-state index < -0.39 is 5.60 Å². The highest BCUT2D eigenvalue weighted by Gasteiger charge is 2.25. The average molecular weight is 228 g/mol. The van der Waals surface area contributed by atoms with Crippen LogP contribution in [0, 0.1) is 0 Å². The van der Waals surface area contributed by atoms with Crippen molar-refractivity contribution in [2.24, 2.45) is 0 Å². The van der Waals surface area contributed by atoms with E-state index in [0.29, 0.717) is 6.10 Å². The molecule has 96 valence electrons. The summed E-state index contributed by atoms with van der Waals surface area (Å²) in [6, 6.07) is 0. The first-order valence-corrected chi connectivity index (χ1v) is 7.04. The van der Waals surface area contributed by atoms with E-state index in [0.717, 1.165) is 51.6 Å². The van der Waals surface area contributed by atoms with Gasteiger partial charge in [0.05, 0.1) is 11.7 Å². The van der Waals surface area contributed by atoms with Gasteiger partial charge in [0.15, 0.2) is 0 Å². The number of rotatable bonds is 8. The SMILES string of the molecule is CCCC(O)(CCC)CCCC1CCCO1. The summed E-state index contributed by atoms with van der Waals surface area (Å²) in [5.74, 6) is 0. The van der Waals surface area contributed by atoms with E-state index in [2.05, 4.69) is 13.8 Å². The Hall–Kier alpha value is -0.0800. The molecule has 1 heterocycles. The Bertz CT molecular complexity index is 168. The second kappa shape index (κ2) is 7.29. The standard InChI is InChI=1S/C14H28O2/c1-3-9-14(15,10-4-2)11-5-7-13-8-6-12-16-13/h13,15H,3-12H2,1-2H3. The molecule has 1 fully saturated rings. The van der Waals surface area contributed by atoms with Crippen molar-refractivity contribution in [1.82, 2.24) is 0 Å². The van der Waals surface area contributed by atoms with Gasteiger partial charge in [-0.05, 0) is 44.9 Å². The zero-order chi connectivity index (χ0) is 11.9. The van der Waals surface area contributed by atoms with Gasteiger partial charge in [-0.2, -0.15) is 0 Å². The predicted molar refractivity (Wildman–Crippen MR) is 67.6 cm³/mol. The lowest BCUT2D eigenvalue weighted by Crippen LogP contribution is -2.28. The van der Waals surface area contributed by atoms with Gasteiger partial charge in [-0.25, -0.2) is 0 Å². The molecule has 0 spiro atoms. The molecule has 0 aromatic heterocycles. The van der Waals surface area contributed by atoms with E-state index >= 15 is 0 Å². The molecule has 16 heavy (non-hydrogen) atoms. The highest BCUT2D eigenvalue weighted by molar-refractivity contribution is 4.78. The van der Waals surface area contributed by atoms with Crippen LogP contribution >= 0.6 is 0 Å². The van der Waals surface area contributed by atoms with Crippen LogP contribution in [0.3, 0.4) is 0 Å². The molecular weight excluding hydrogens is 200 g/mol. The Balaban J connectivity index is 2.20. The molecule has 2 nitrogen and oxygen atoms in total. The van der Waals surface area contributed by atoms with Crippen LogP contribution in [-0.4, -0.2) is 23.4 Å². The summed E-state index contributed by atoms with van der Waals surface area (Å²) in [6.07, 6.45) is 10.2. The van der Waals surface area contributed by atoms with Crippen LogP contribution in [0.4, 0.5) is 0 Å². The van der Waals surface area contributed by atoms with Gasteiger partial charge in [0.25, 0.3) is 0 Å². The van der Waals surface area contributed by atoms with Gasteiger partial charge in [0.2, 0.25) is 0 Å². The van der Waals surface area contributed by atoms with Crippen molar-refractivity contribution in [3.8, 4) is 0 Å². The van der Waals surface area contributed by atoms with Gasteiger partial charge in [0.1, 0.15) is 0 Å². The molecule has 1 saturated heterocycles. The third-order valence-electron chi connectivity index (χ3n) is 3.62. The van der Waals surface area contributed by atoms with Crippen molar-refractivity contribution in [3.05, 3.63) is 0 Å². The van der Waals surface area contributed by atoms with Crippen LogP contribution in [0.2, 0.25) is 0 Å². The second-order valence-electron chi connectivity index (χ2n) is 5.25. The van der Waals surface area contributed by atoms with Crippen molar-refractivity contribution >= 4 is 0 Å². The largest absolute Gasteiger partial charge is 0.390 e. The number of hydrogen-bond donors (Lipinski definition) is 1. The summed E-state index contributed by atoms with van der Waals surface area (Å²) in [5, 5.41) is 10.4. The zero-order valence-corrected chi connectivity index (χ0v) is 11.0. The van der Waals surface area contributed by atoms with Crippen LogP contribution in [0.1, 0.15) is 71.6 Å². The van der Waals surface area contributed by atoms with Crippen LogP contribution in [0.15, 0.2) is 0 Å². The van der Waals surface area contributed by atoms with Crippen LogP contribution in [-0.2, 0) is 4.74 Å². The van der Waals surface area contributed by atoms with Crippen molar-refractivity contribution < 1.29 is 9.84 Å². The molecule has 0 aromatic carbocycles. The lowest BCUT2D eigenvalue weighted by molar-refractivity contribution is 0.00630. The summed E-state index contributed by atoms with van der Waals surface area (Å²) in [7, 11) is 0. The summed E-state index contributed by atoms with van der Waals surface area (Å²) in [6.45, 7) is 5.25. The fourth-order valence-corrected chi connectivity index (χ4v) is 2.84. The van der Waals surface area contributed by atoms with Crippen LogP contribution in [0.25, 0.3) is 0 Å². The maximum atomic E-state index is 10.4. The minimum absolute atomic E-state index is 0.401. The lowest BCUT2D eigenvalue weighted by atomic mass is 9.87. The molecule has 1 N–H and O–H groups in total. The minimum atomic E-state index is -0.401.